The average Bonchev–Trinajstić information content (AvgIpc) is 2.97. The maximum atomic E-state index is 12.1. The zero-order valence-corrected chi connectivity index (χ0v) is 10.4. The molecule has 3 heterocycles. The van der Waals surface area contributed by atoms with E-state index in [9.17, 15) is 4.79 Å². The molecule has 3 rings (SSSR count). The number of hydrogen-bond donors (Lipinski definition) is 1. The van der Waals surface area contributed by atoms with Crippen LogP contribution in [-0.4, -0.2) is 25.7 Å². The van der Waals surface area contributed by atoms with Gasteiger partial charge in [-0.3, -0.25) is 4.79 Å². The smallest absolute Gasteiger partial charge is 0.276 e. The molecule has 0 radical (unpaired) electrons. The van der Waals surface area contributed by atoms with E-state index in [1.165, 1.54) is 0 Å². The molecule has 0 aliphatic heterocycles. The first-order valence-corrected chi connectivity index (χ1v) is 5.70. The summed E-state index contributed by atoms with van der Waals surface area (Å²) in [7, 11) is 0. The maximum absolute atomic E-state index is 12.1. The molecular weight excluding hydrogens is 246 g/mol. The van der Waals surface area contributed by atoms with Crippen molar-refractivity contribution >= 4 is 17.2 Å². The summed E-state index contributed by atoms with van der Waals surface area (Å²) in [6.45, 7) is 3.50. The zero-order valence-electron chi connectivity index (χ0n) is 10.4. The van der Waals surface area contributed by atoms with Gasteiger partial charge in [0.05, 0.1) is 0 Å². The molecule has 0 fully saturated rings. The highest BCUT2D eigenvalue weighted by Gasteiger charge is 2.16. The minimum absolute atomic E-state index is 0.290. The molecule has 0 aliphatic carbocycles. The quantitative estimate of drug-likeness (QED) is 0.753. The van der Waals surface area contributed by atoms with Gasteiger partial charge in [0.25, 0.3) is 5.91 Å². The fourth-order valence-electron chi connectivity index (χ4n) is 1.78. The van der Waals surface area contributed by atoms with Crippen LogP contribution in [0, 0.1) is 13.8 Å². The van der Waals surface area contributed by atoms with Crippen molar-refractivity contribution in [2.75, 3.05) is 5.32 Å². The first-order valence-electron chi connectivity index (χ1n) is 5.70. The average molecular weight is 257 g/mol. The van der Waals surface area contributed by atoms with E-state index >= 15 is 0 Å². The van der Waals surface area contributed by atoms with Gasteiger partial charge in [0, 0.05) is 18.5 Å². The van der Waals surface area contributed by atoms with Crippen molar-refractivity contribution in [3.63, 3.8) is 0 Å². The SMILES string of the molecule is Cc1noc(C)c1NC(=O)c1cc2ncccn2n1. The van der Waals surface area contributed by atoms with Gasteiger partial charge in [0.1, 0.15) is 11.4 Å². The van der Waals surface area contributed by atoms with Crippen LogP contribution >= 0.6 is 0 Å². The van der Waals surface area contributed by atoms with Crippen molar-refractivity contribution in [1.29, 1.82) is 0 Å². The fourth-order valence-corrected chi connectivity index (χ4v) is 1.78. The second-order valence-electron chi connectivity index (χ2n) is 4.11. The van der Waals surface area contributed by atoms with Crippen LogP contribution in [-0.2, 0) is 0 Å². The molecule has 0 spiro atoms. The van der Waals surface area contributed by atoms with Crippen LogP contribution in [0.25, 0.3) is 5.65 Å². The normalized spacial score (nSPS) is 10.8. The number of nitrogens with zero attached hydrogens (tertiary/aromatic N) is 4. The molecule has 0 saturated carbocycles. The molecule has 0 saturated heterocycles. The summed E-state index contributed by atoms with van der Waals surface area (Å²) in [5.74, 6) is 0.243. The zero-order chi connectivity index (χ0) is 13.4. The Morgan fingerprint density at radius 1 is 1.42 bits per heavy atom. The Hall–Kier alpha value is -2.70. The third-order valence-electron chi connectivity index (χ3n) is 2.74. The monoisotopic (exact) mass is 257 g/mol. The largest absolute Gasteiger partial charge is 0.359 e. The third-order valence-corrected chi connectivity index (χ3v) is 2.74. The fraction of sp³-hybridized carbons (Fsp3) is 0.167. The van der Waals surface area contributed by atoms with E-state index in [0.717, 1.165) is 0 Å². The third kappa shape index (κ3) is 1.95. The van der Waals surface area contributed by atoms with Crippen LogP contribution < -0.4 is 5.32 Å². The summed E-state index contributed by atoms with van der Waals surface area (Å²) in [6.07, 6.45) is 3.38. The van der Waals surface area contributed by atoms with Gasteiger partial charge in [-0.2, -0.15) is 5.10 Å². The van der Waals surface area contributed by atoms with E-state index in [0.29, 0.717) is 28.5 Å². The number of anilines is 1. The van der Waals surface area contributed by atoms with E-state index in [1.807, 2.05) is 0 Å². The molecular formula is C12H11N5O2. The second kappa shape index (κ2) is 4.20. The molecule has 0 atom stereocenters. The van der Waals surface area contributed by atoms with Crippen LogP contribution in [0.4, 0.5) is 5.69 Å². The van der Waals surface area contributed by atoms with Crippen LogP contribution in [0.15, 0.2) is 29.0 Å². The topological polar surface area (TPSA) is 85.3 Å². The molecule has 0 unspecified atom stereocenters. The van der Waals surface area contributed by atoms with Gasteiger partial charge in [0.2, 0.25) is 0 Å². The summed E-state index contributed by atoms with van der Waals surface area (Å²) < 4.78 is 6.53. The minimum Gasteiger partial charge on any atom is -0.359 e. The molecule has 0 aromatic carbocycles. The molecule has 3 aromatic heterocycles. The van der Waals surface area contributed by atoms with E-state index in [2.05, 4.69) is 20.6 Å². The number of aromatic nitrogens is 4. The Bertz CT molecular complexity index is 706. The lowest BCUT2D eigenvalue weighted by atomic mass is 10.3. The van der Waals surface area contributed by atoms with Gasteiger partial charge >= 0.3 is 0 Å². The lowest BCUT2D eigenvalue weighted by Crippen LogP contribution is -2.13. The predicted molar refractivity (Wildman–Crippen MR) is 66.9 cm³/mol. The molecule has 7 nitrogen and oxygen atoms in total. The number of aryl methyl sites for hydroxylation is 2. The van der Waals surface area contributed by atoms with Gasteiger partial charge in [0.15, 0.2) is 17.1 Å². The Morgan fingerprint density at radius 2 is 2.26 bits per heavy atom. The summed E-state index contributed by atoms with van der Waals surface area (Å²) in [6, 6.07) is 3.36. The molecule has 3 aromatic rings. The first-order chi connectivity index (χ1) is 9.15. The Morgan fingerprint density at radius 3 is 2.95 bits per heavy atom. The predicted octanol–water partition coefficient (Wildman–Crippen LogP) is 1.59. The molecule has 7 heteroatoms. The van der Waals surface area contributed by atoms with Crippen molar-refractivity contribution in [1.82, 2.24) is 19.8 Å². The number of carbonyl (C=O) groups excluding carboxylic acids is 1. The summed E-state index contributed by atoms with van der Waals surface area (Å²) in [5, 5.41) is 10.7. The number of fused-ring (bicyclic) bond motifs is 1. The molecule has 0 aliphatic rings. The number of amides is 1. The van der Waals surface area contributed by atoms with E-state index in [-0.39, 0.29) is 5.91 Å². The van der Waals surface area contributed by atoms with E-state index < -0.39 is 0 Å². The van der Waals surface area contributed by atoms with Gasteiger partial charge in [-0.15, -0.1) is 0 Å². The lowest BCUT2D eigenvalue weighted by molar-refractivity contribution is 0.102. The second-order valence-corrected chi connectivity index (χ2v) is 4.11. The summed E-state index contributed by atoms with van der Waals surface area (Å²) in [5.41, 5.74) is 2.12. The highest BCUT2D eigenvalue weighted by molar-refractivity contribution is 6.04. The number of carbonyl (C=O) groups is 1. The van der Waals surface area contributed by atoms with Crippen molar-refractivity contribution in [3.8, 4) is 0 Å². The molecule has 0 bridgehead atoms. The number of nitrogens with one attached hydrogen (secondary N) is 1. The van der Waals surface area contributed by atoms with Crippen molar-refractivity contribution in [2.24, 2.45) is 0 Å². The maximum Gasteiger partial charge on any atom is 0.276 e. The Kier molecular flexibility index (Phi) is 2.52. The van der Waals surface area contributed by atoms with Crippen molar-refractivity contribution < 1.29 is 9.32 Å². The van der Waals surface area contributed by atoms with Gasteiger partial charge < -0.3 is 9.84 Å². The van der Waals surface area contributed by atoms with E-state index in [4.69, 9.17) is 4.52 Å². The van der Waals surface area contributed by atoms with Crippen LogP contribution in [0.2, 0.25) is 0 Å². The summed E-state index contributed by atoms with van der Waals surface area (Å²) in [4.78, 5) is 16.2. The van der Waals surface area contributed by atoms with Gasteiger partial charge in [-0.25, -0.2) is 9.50 Å². The van der Waals surface area contributed by atoms with E-state index in [1.54, 1.807) is 42.9 Å². The molecule has 19 heavy (non-hydrogen) atoms. The van der Waals surface area contributed by atoms with Crippen molar-refractivity contribution in [2.45, 2.75) is 13.8 Å². The molecule has 96 valence electrons. The van der Waals surface area contributed by atoms with Crippen LogP contribution in [0.1, 0.15) is 21.9 Å². The lowest BCUT2D eigenvalue weighted by Gasteiger charge is -2.00. The Labute approximate surface area is 108 Å². The highest BCUT2D eigenvalue weighted by atomic mass is 16.5. The molecule has 1 amide bonds. The summed E-state index contributed by atoms with van der Waals surface area (Å²) >= 11 is 0. The van der Waals surface area contributed by atoms with Crippen LogP contribution in [0.3, 0.4) is 0 Å². The number of rotatable bonds is 2. The standard InChI is InChI=1S/C12H11N5O2/c1-7-11(8(2)19-16-7)14-12(18)9-6-10-13-4-3-5-17(10)15-9/h3-6H,1-2H3,(H,14,18). The highest BCUT2D eigenvalue weighted by Crippen LogP contribution is 2.19. The van der Waals surface area contributed by atoms with Gasteiger partial charge in [-0.05, 0) is 19.9 Å². The number of hydrogen-bond acceptors (Lipinski definition) is 5. The Balaban J connectivity index is 1.92. The van der Waals surface area contributed by atoms with Gasteiger partial charge in [-0.1, -0.05) is 5.16 Å². The molecule has 1 N–H and O–H groups in total. The minimum atomic E-state index is -0.320. The van der Waals surface area contributed by atoms with Crippen molar-refractivity contribution in [3.05, 3.63) is 41.7 Å². The first kappa shape index (κ1) is 11.4. The van der Waals surface area contributed by atoms with Crippen LogP contribution in [0.5, 0.6) is 0 Å².